The van der Waals surface area contributed by atoms with Crippen LogP contribution in [0.3, 0.4) is 0 Å². The van der Waals surface area contributed by atoms with E-state index in [1.807, 2.05) is 0 Å². The van der Waals surface area contributed by atoms with Crippen molar-refractivity contribution in [3.8, 4) is 0 Å². The summed E-state index contributed by atoms with van der Waals surface area (Å²) in [6, 6.07) is 0. The van der Waals surface area contributed by atoms with Crippen molar-refractivity contribution in [2.75, 3.05) is 0 Å². The van der Waals surface area contributed by atoms with Crippen LogP contribution in [-0.2, 0) is 17.9 Å². The molecule has 0 nitrogen and oxygen atoms in total. The van der Waals surface area contributed by atoms with Crippen LogP contribution in [-0.4, -0.2) is 0 Å². The summed E-state index contributed by atoms with van der Waals surface area (Å²) in [4.78, 5) is 0. The molecule has 0 unspecified atom stereocenters. The van der Waals surface area contributed by atoms with Crippen molar-refractivity contribution >= 4 is 12.2 Å². The van der Waals surface area contributed by atoms with Gasteiger partial charge in [0.1, 0.15) is 0 Å². The number of rotatable bonds is 6. The molecule has 0 aromatic carbocycles. The van der Waals surface area contributed by atoms with Gasteiger partial charge in [-0.25, -0.2) is 0 Å². The zero-order chi connectivity index (χ0) is 8.74. The van der Waals surface area contributed by atoms with E-state index in [9.17, 15) is 0 Å². The Labute approximate surface area is 82.0 Å². The fourth-order valence-corrected chi connectivity index (χ4v) is 17.2. The van der Waals surface area contributed by atoms with Gasteiger partial charge in [-0.1, -0.05) is 0 Å². The first-order chi connectivity index (χ1) is 5.18. The fourth-order valence-electron chi connectivity index (χ4n) is 1.72. The van der Waals surface area contributed by atoms with Gasteiger partial charge in [0.2, 0.25) is 0 Å². The summed E-state index contributed by atoms with van der Waals surface area (Å²) < 4.78 is 4.61. The van der Waals surface area contributed by atoms with E-state index in [-0.39, 0.29) is 0 Å². The molecule has 0 rings (SSSR count). The standard InChI is InChI=1S/3C3H7.BrH.Zr/c3*1-3-2;;/h3*1,3H2,2H3;1H;/q;;;;+1/p-1. The van der Waals surface area contributed by atoms with Gasteiger partial charge in [0.25, 0.3) is 0 Å². The molecule has 2 heteroatoms. The molecule has 0 aliphatic rings. The molecule has 0 aromatic rings. The third-order valence-corrected chi connectivity index (χ3v) is 19.4. The first-order valence-corrected chi connectivity index (χ1v) is 15.7. The second-order valence-corrected chi connectivity index (χ2v) is 22.7. The molecular weight excluding hydrogens is 279 g/mol. The van der Waals surface area contributed by atoms with E-state index in [2.05, 4.69) is 33.0 Å². The molecule has 0 aliphatic carbocycles. The Morgan fingerprint density at radius 1 is 0.818 bits per heavy atom. The average molecular weight is 300 g/mol. The van der Waals surface area contributed by atoms with Crippen molar-refractivity contribution in [3.63, 3.8) is 0 Å². The summed E-state index contributed by atoms with van der Waals surface area (Å²) >= 11 is 2.42. The summed E-state index contributed by atoms with van der Waals surface area (Å²) in [7, 11) is 0. The summed E-state index contributed by atoms with van der Waals surface area (Å²) in [6.45, 7) is 6.95. The van der Waals surface area contributed by atoms with Gasteiger partial charge in [0.15, 0.2) is 0 Å². The van der Waals surface area contributed by atoms with E-state index in [0.29, 0.717) is 0 Å². The molecule has 0 aliphatic heterocycles. The van der Waals surface area contributed by atoms with Gasteiger partial charge in [-0.15, -0.1) is 0 Å². The third kappa shape index (κ3) is 5.58. The molecule has 0 aromatic heterocycles. The molecule has 0 saturated carbocycles. The molecule has 0 amide bonds. The number of hydrogen-bond acceptors (Lipinski definition) is 0. The third-order valence-electron chi connectivity index (χ3n) is 2.09. The van der Waals surface area contributed by atoms with Crippen LogP contribution >= 0.6 is 12.2 Å². The Kier molecular flexibility index (Phi) is 7.68. The summed E-state index contributed by atoms with van der Waals surface area (Å²) in [5.74, 6) is 0. The van der Waals surface area contributed by atoms with Gasteiger partial charge in [-0.2, -0.15) is 0 Å². The zero-order valence-corrected chi connectivity index (χ0v) is 12.2. The first kappa shape index (κ1) is 12.4. The van der Waals surface area contributed by atoms with E-state index in [1.165, 1.54) is 31.6 Å². The molecule has 0 spiro atoms. The first-order valence-electron chi connectivity index (χ1n) is 4.87. The van der Waals surface area contributed by atoms with Gasteiger partial charge >= 0.3 is 82.6 Å². The topological polar surface area (TPSA) is 0 Å². The Hall–Kier alpha value is 1.36. The second kappa shape index (κ2) is 6.83. The average Bonchev–Trinajstić information content (AvgIpc) is 1.88. The van der Waals surface area contributed by atoms with E-state index in [4.69, 9.17) is 0 Å². The van der Waals surface area contributed by atoms with Crippen LogP contribution in [0, 0.1) is 0 Å². The SMILES string of the molecule is CC[CH2][Zr]([Br])([CH2]CC)[CH2]CC. The Bertz CT molecular complexity index is 76.5. The monoisotopic (exact) mass is 298 g/mol. The Morgan fingerprint density at radius 2 is 1.09 bits per heavy atom. The van der Waals surface area contributed by atoms with E-state index in [1.54, 1.807) is 0 Å². The van der Waals surface area contributed by atoms with Crippen molar-refractivity contribution in [2.45, 2.75) is 52.4 Å². The Balaban J connectivity index is 3.79. The minimum atomic E-state index is -1.65. The van der Waals surface area contributed by atoms with E-state index < -0.39 is 17.9 Å². The van der Waals surface area contributed by atoms with Crippen LogP contribution in [0.5, 0.6) is 0 Å². The van der Waals surface area contributed by atoms with Crippen LogP contribution in [0.15, 0.2) is 0 Å². The van der Waals surface area contributed by atoms with Gasteiger partial charge in [-0.3, -0.25) is 0 Å². The van der Waals surface area contributed by atoms with Crippen LogP contribution in [0.2, 0.25) is 12.4 Å². The predicted molar refractivity (Wildman–Crippen MR) is 54.2 cm³/mol. The van der Waals surface area contributed by atoms with Crippen molar-refractivity contribution in [2.24, 2.45) is 0 Å². The zero-order valence-electron chi connectivity index (χ0n) is 8.12. The van der Waals surface area contributed by atoms with Crippen LogP contribution in [0.1, 0.15) is 40.0 Å². The maximum atomic E-state index is 4.08. The fraction of sp³-hybridized carbons (Fsp3) is 1.00. The summed E-state index contributed by atoms with van der Waals surface area (Å²) in [6.07, 6.45) is 4.17. The minimum absolute atomic E-state index is 1.39. The molecule has 0 atom stereocenters. The molecule has 0 bridgehead atoms. The predicted octanol–water partition coefficient (Wildman–Crippen LogP) is 4.94. The molecule has 68 valence electrons. The quantitative estimate of drug-likeness (QED) is 0.652. The van der Waals surface area contributed by atoms with Gasteiger partial charge in [0.05, 0.1) is 0 Å². The van der Waals surface area contributed by atoms with E-state index in [0.717, 1.165) is 0 Å². The van der Waals surface area contributed by atoms with Crippen LogP contribution in [0.25, 0.3) is 0 Å². The van der Waals surface area contributed by atoms with Crippen LogP contribution < -0.4 is 0 Å². The van der Waals surface area contributed by atoms with Gasteiger partial charge in [-0.05, 0) is 0 Å². The van der Waals surface area contributed by atoms with Gasteiger partial charge < -0.3 is 0 Å². The molecular formula is C9H21BrZr. The second-order valence-electron chi connectivity index (χ2n) is 3.40. The summed E-state index contributed by atoms with van der Waals surface area (Å²) in [5.41, 5.74) is 0. The van der Waals surface area contributed by atoms with Crippen molar-refractivity contribution in [3.05, 3.63) is 0 Å². The van der Waals surface area contributed by atoms with Crippen molar-refractivity contribution in [1.82, 2.24) is 0 Å². The maximum absolute atomic E-state index is 4.08. The number of halogens is 1. The molecule has 0 saturated heterocycles. The van der Waals surface area contributed by atoms with E-state index >= 15 is 0 Å². The number of hydrogen-bond donors (Lipinski definition) is 0. The molecule has 0 N–H and O–H groups in total. The molecule has 0 radical (unpaired) electrons. The molecule has 0 heterocycles. The normalized spacial score (nSPS) is 12.0. The van der Waals surface area contributed by atoms with Crippen LogP contribution in [0.4, 0.5) is 0 Å². The Morgan fingerprint density at radius 3 is 1.27 bits per heavy atom. The molecule has 11 heavy (non-hydrogen) atoms. The summed E-state index contributed by atoms with van der Waals surface area (Å²) in [5, 5.41) is 0. The molecule has 0 fully saturated rings. The van der Waals surface area contributed by atoms with Crippen molar-refractivity contribution in [1.29, 1.82) is 0 Å². The van der Waals surface area contributed by atoms with Crippen molar-refractivity contribution < 1.29 is 17.9 Å². The van der Waals surface area contributed by atoms with Gasteiger partial charge in [0, 0.05) is 0 Å².